The molecule has 2 atom stereocenters. The van der Waals surface area contributed by atoms with Gasteiger partial charge in [0.15, 0.2) is 16.6 Å². The summed E-state index contributed by atoms with van der Waals surface area (Å²) in [4.78, 5) is 0. The second-order valence-corrected chi connectivity index (χ2v) is 34.5. The van der Waals surface area contributed by atoms with E-state index in [0.717, 1.165) is 31.6 Å². The van der Waals surface area contributed by atoms with Gasteiger partial charge in [0.25, 0.3) is 0 Å². The third-order valence-electron chi connectivity index (χ3n) is 15.5. The molecule has 1 rings (SSSR count). The zero-order valence-electron chi connectivity index (χ0n) is 50.2. The smallest absolute Gasteiger partial charge is 0.192 e. The van der Waals surface area contributed by atoms with Crippen LogP contribution >= 0.6 is 11.6 Å². The zero-order valence-corrected chi connectivity index (χ0v) is 53.0. The third-order valence-corrected chi connectivity index (χ3v) is 24.8. The molecule has 0 unspecified atom stereocenters. The molecule has 0 radical (unpaired) electrons. The molecule has 0 aliphatic carbocycles. The van der Waals surface area contributed by atoms with Crippen LogP contribution in [0, 0.1) is 0 Å². The van der Waals surface area contributed by atoms with Crippen LogP contribution in [0.1, 0.15) is 266 Å². The summed E-state index contributed by atoms with van der Waals surface area (Å²) in [7, 11) is -2.01. The minimum absolute atomic E-state index is 0.105. The van der Waals surface area contributed by atoms with Crippen LogP contribution in [-0.2, 0) is 29.7 Å². The van der Waals surface area contributed by atoms with Crippen LogP contribution in [0.3, 0.4) is 0 Å². The Morgan fingerprint density at radius 1 is 0.472 bits per heavy atom. The Bertz CT molecular complexity index is 1330. The first kappa shape index (κ1) is 71.5. The Hall–Kier alpha value is -0.496. The summed E-state index contributed by atoms with van der Waals surface area (Å²) in [6, 6.07) is 5.78. The van der Waals surface area contributed by atoms with Crippen molar-refractivity contribution in [1.82, 2.24) is 0 Å². The van der Waals surface area contributed by atoms with Crippen molar-refractivity contribution in [2.75, 3.05) is 46.8 Å². The van der Waals surface area contributed by atoms with Crippen molar-refractivity contribution >= 4 is 28.2 Å². The lowest BCUT2D eigenvalue weighted by Crippen LogP contribution is -2.43. The molecule has 1 aromatic carbocycles. The fraction of sp³-hybridized carbons (Fsp3) is 0.903. The largest absolute Gasteiger partial charge is 0.495 e. The number of hydrogen-bond donors (Lipinski definition) is 1. The van der Waals surface area contributed by atoms with Gasteiger partial charge in [-0.1, -0.05) is 266 Å². The first-order chi connectivity index (χ1) is 34.3. The summed E-state index contributed by atoms with van der Waals surface area (Å²) in [6.07, 6.45) is 43.6. The van der Waals surface area contributed by atoms with E-state index in [0.29, 0.717) is 43.8 Å². The average molecular weight is 1070 g/mol. The summed E-state index contributed by atoms with van der Waals surface area (Å²) >= 11 is 6.31. The van der Waals surface area contributed by atoms with Gasteiger partial charge in [0.2, 0.25) is 0 Å². The van der Waals surface area contributed by atoms with E-state index < -0.39 is 22.7 Å². The minimum atomic E-state index is -1.86. The van der Waals surface area contributed by atoms with Gasteiger partial charge in [-0.05, 0) is 66.8 Å². The minimum Gasteiger partial charge on any atom is -0.495 e. The van der Waals surface area contributed by atoms with E-state index in [-0.39, 0.29) is 16.2 Å². The van der Waals surface area contributed by atoms with Gasteiger partial charge in [-0.3, -0.25) is 0 Å². The number of methoxy groups -OCH3 is 1. The van der Waals surface area contributed by atoms with Crippen LogP contribution in [0.2, 0.25) is 41.3 Å². The number of hydrogen-bond acceptors (Lipinski definition) is 7. The van der Waals surface area contributed by atoms with Crippen molar-refractivity contribution in [2.24, 2.45) is 0 Å². The van der Waals surface area contributed by atoms with Gasteiger partial charge in [-0.25, -0.2) is 0 Å². The number of halogens is 1. The summed E-state index contributed by atoms with van der Waals surface area (Å²) < 4.78 is 35.8. The molecular formula is C62H123ClO7Si2. The maximum atomic E-state index is 10.1. The average Bonchev–Trinajstić information content (AvgIpc) is 3.32. The summed E-state index contributed by atoms with van der Waals surface area (Å²) in [5.74, 6) is 0.676. The lowest BCUT2D eigenvalue weighted by Gasteiger charge is -2.37. The van der Waals surface area contributed by atoms with Gasteiger partial charge >= 0.3 is 0 Å². The predicted molar refractivity (Wildman–Crippen MR) is 320 cm³/mol. The Kier molecular flexibility index (Phi) is 45.2. The van der Waals surface area contributed by atoms with Crippen molar-refractivity contribution in [3.63, 3.8) is 0 Å². The molecular weight excluding hydrogens is 948 g/mol. The lowest BCUT2D eigenvalue weighted by molar-refractivity contribution is -0.0476. The zero-order chi connectivity index (χ0) is 53.8. The molecule has 1 N–H and O–H groups in total. The fourth-order valence-corrected chi connectivity index (χ4v) is 10.5. The van der Waals surface area contributed by atoms with Crippen LogP contribution in [-0.4, -0.2) is 80.7 Å². The molecule has 0 fully saturated rings. The molecule has 0 aliphatic rings. The molecule has 1 aromatic rings. The van der Waals surface area contributed by atoms with Gasteiger partial charge in [0.05, 0.1) is 51.3 Å². The normalized spacial score (nSPS) is 13.3. The molecule has 0 saturated heterocycles. The van der Waals surface area contributed by atoms with Crippen molar-refractivity contribution in [1.29, 1.82) is 0 Å². The lowest BCUT2D eigenvalue weighted by atomic mass is 10.0. The van der Waals surface area contributed by atoms with Crippen molar-refractivity contribution < 1.29 is 32.9 Å². The Morgan fingerprint density at radius 2 is 0.806 bits per heavy atom. The number of unbranched alkanes of at least 4 members (excludes halogenated alkanes) is 30. The first-order valence-electron chi connectivity index (χ1n) is 30.4. The number of aliphatic hydroxyl groups excluding tert-OH is 1. The number of ether oxygens (including phenoxy) is 4. The van der Waals surface area contributed by atoms with Gasteiger partial charge in [0.1, 0.15) is 11.9 Å². The molecule has 0 heterocycles. The number of rotatable bonds is 48. The highest BCUT2D eigenvalue weighted by molar-refractivity contribution is 6.74. The number of benzene rings is 1. The summed E-state index contributed by atoms with van der Waals surface area (Å²) in [6.45, 7) is 31.0. The topological polar surface area (TPSA) is 75.6 Å². The maximum Gasteiger partial charge on any atom is 0.192 e. The standard InChI is InChI=1S/C35H65ClO4Si.C27H58O3Si/c1-8-9-10-11-12-13-14-15-16-17-18-19-20-21-22-23-26-38-29-32(30-40-41(6,7)35(2,3)4)39-28-31-24-25-34(37-5)33(36)27-31;1-7-8-9-10-11-12-13-14-15-16-17-18-19-20-21-22-23-29-24-26(28)25-30-31(5,6)27(2,3)4/h24-25,27,32H,8-23,26,28-30H2,1-7H3;26,28H,7-25H2,1-6H3/t32-;26-/m11/s1. The summed E-state index contributed by atoms with van der Waals surface area (Å²) in [5.41, 5.74) is 1.02. The van der Waals surface area contributed by atoms with Crippen molar-refractivity contribution in [2.45, 2.75) is 316 Å². The van der Waals surface area contributed by atoms with Crippen molar-refractivity contribution in [3.8, 4) is 5.75 Å². The molecule has 0 saturated carbocycles. The van der Waals surface area contributed by atoms with Crippen LogP contribution in [0.15, 0.2) is 18.2 Å². The van der Waals surface area contributed by atoms with Crippen LogP contribution in [0.5, 0.6) is 5.75 Å². The predicted octanol–water partition coefficient (Wildman–Crippen LogP) is 20.2. The second kappa shape index (κ2) is 45.5. The molecule has 10 heteroatoms. The fourth-order valence-electron chi connectivity index (χ4n) is 8.18. The summed E-state index contributed by atoms with van der Waals surface area (Å²) in [5, 5.41) is 11.0. The van der Waals surface area contributed by atoms with E-state index in [4.69, 9.17) is 39.4 Å². The maximum absolute atomic E-state index is 10.1. The molecule has 0 bridgehead atoms. The number of aliphatic hydroxyl groups is 1. The van der Waals surface area contributed by atoms with Crippen molar-refractivity contribution in [3.05, 3.63) is 28.8 Å². The van der Waals surface area contributed by atoms with E-state index in [2.05, 4.69) is 81.6 Å². The SMILES string of the molecule is CCCCCCCCCCCCCCCCCCOC[C@@H](O)CO[Si](C)(C)C(C)(C)C.CCCCCCCCCCCCCCCCCCOC[C@H](CO[Si](C)(C)C(C)(C)C)OCc1ccc(OC)c(Cl)c1. The van der Waals surface area contributed by atoms with E-state index in [1.54, 1.807) is 7.11 Å². The monoisotopic (exact) mass is 1070 g/mol. The van der Waals surface area contributed by atoms with Gasteiger partial charge in [-0.15, -0.1) is 0 Å². The van der Waals surface area contributed by atoms with Gasteiger partial charge < -0.3 is 32.9 Å². The molecule has 7 nitrogen and oxygen atoms in total. The quantitative estimate of drug-likeness (QED) is 0.0515. The highest BCUT2D eigenvalue weighted by Crippen LogP contribution is 2.37. The van der Waals surface area contributed by atoms with Gasteiger partial charge in [0, 0.05) is 13.2 Å². The molecule has 428 valence electrons. The van der Waals surface area contributed by atoms with Crippen LogP contribution in [0.25, 0.3) is 0 Å². The molecule has 0 aromatic heterocycles. The molecule has 0 spiro atoms. The highest BCUT2D eigenvalue weighted by atomic mass is 35.5. The van der Waals surface area contributed by atoms with E-state index in [9.17, 15) is 5.11 Å². The Labute approximate surface area is 456 Å². The molecule has 72 heavy (non-hydrogen) atoms. The van der Waals surface area contributed by atoms with E-state index in [1.807, 2.05) is 18.2 Å². The van der Waals surface area contributed by atoms with E-state index >= 15 is 0 Å². The first-order valence-corrected chi connectivity index (χ1v) is 36.6. The Balaban J connectivity index is 0.00000146. The Morgan fingerprint density at radius 3 is 1.14 bits per heavy atom. The molecule has 0 amide bonds. The van der Waals surface area contributed by atoms with E-state index in [1.165, 1.54) is 193 Å². The van der Waals surface area contributed by atoms with Gasteiger partial charge in [-0.2, -0.15) is 0 Å². The van der Waals surface area contributed by atoms with Crippen LogP contribution < -0.4 is 4.74 Å². The third kappa shape index (κ3) is 40.7. The van der Waals surface area contributed by atoms with Crippen LogP contribution in [0.4, 0.5) is 0 Å². The molecule has 0 aliphatic heterocycles. The highest BCUT2D eigenvalue weighted by Gasteiger charge is 2.38. The second-order valence-electron chi connectivity index (χ2n) is 24.5.